The number of aliphatic carboxylic acids is 1. The maximum atomic E-state index is 12.2. The van der Waals surface area contributed by atoms with E-state index in [1.165, 1.54) is 0 Å². The van der Waals surface area contributed by atoms with Gasteiger partial charge in [0.1, 0.15) is 5.54 Å². The second-order valence-electron chi connectivity index (χ2n) is 6.34. The fourth-order valence-electron chi connectivity index (χ4n) is 2.51. The van der Waals surface area contributed by atoms with Gasteiger partial charge in [-0.2, -0.15) is 0 Å². The SMILES string of the molecule is CC(CC(=O)O)C1CCCN(C(=O)NC(C)(C)C(N)=O)C1. The van der Waals surface area contributed by atoms with Gasteiger partial charge in [-0.1, -0.05) is 6.92 Å². The average molecular weight is 299 g/mol. The lowest BCUT2D eigenvalue weighted by Crippen LogP contribution is -2.58. The van der Waals surface area contributed by atoms with E-state index in [4.69, 9.17) is 10.8 Å². The number of carbonyl (C=O) groups excluding carboxylic acids is 2. The predicted molar refractivity (Wildman–Crippen MR) is 77.5 cm³/mol. The molecule has 1 saturated heterocycles. The van der Waals surface area contributed by atoms with Crippen LogP contribution in [0.3, 0.4) is 0 Å². The molecular formula is C14H25N3O4. The molecule has 0 aliphatic carbocycles. The van der Waals surface area contributed by atoms with Crippen LogP contribution in [0, 0.1) is 11.8 Å². The molecule has 2 atom stereocenters. The Balaban J connectivity index is 2.61. The van der Waals surface area contributed by atoms with Gasteiger partial charge in [-0.25, -0.2) is 4.79 Å². The van der Waals surface area contributed by atoms with Crippen LogP contribution in [0.1, 0.15) is 40.0 Å². The Hall–Kier alpha value is -1.79. The van der Waals surface area contributed by atoms with Gasteiger partial charge >= 0.3 is 12.0 Å². The zero-order valence-electron chi connectivity index (χ0n) is 12.9. The standard InChI is InChI=1S/C14H25N3O4/c1-9(7-11(18)19)10-5-4-6-17(8-10)13(21)16-14(2,3)12(15)20/h9-10H,4-8H2,1-3H3,(H2,15,20)(H,16,21)(H,18,19). The molecule has 0 radical (unpaired) electrons. The van der Waals surface area contributed by atoms with E-state index in [9.17, 15) is 14.4 Å². The highest BCUT2D eigenvalue weighted by atomic mass is 16.4. The van der Waals surface area contributed by atoms with E-state index in [-0.39, 0.29) is 24.3 Å². The van der Waals surface area contributed by atoms with Crippen LogP contribution in [0.2, 0.25) is 0 Å². The van der Waals surface area contributed by atoms with Crippen molar-refractivity contribution in [3.05, 3.63) is 0 Å². The largest absolute Gasteiger partial charge is 0.481 e. The molecule has 0 aromatic heterocycles. The maximum absolute atomic E-state index is 12.2. The Morgan fingerprint density at radius 3 is 2.57 bits per heavy atom. The van der Waals surface area contributed by atoms with E-state index in [1.807, 2.05) is 6.92 Å². The lowest BCUT2D eigenvalue weighted by atomic mass is 9.85. The second kappa shape index (κ2) is 6.78. The number of likely N-dealkylation sites (tertiary alicyclic amines) is 1. The van der Waals surface area contributed by atoms with Gasteiger partial charge in [0.25, 0.3) is 0 Å². The fraction of sp³-hybridized carbons (Fsp3) is 0.786. The molecule has 1 aliphatic heterocycles. The third-order valence-electron chi connectivity index (χ3n) is 4.08. The summed E-state index contributed by atoms with van der Waals surface area (Å²) < 4.78 is 0. The number of nitrogens with two attached hydrogens (primary N) is 1. The van der Waals surface area contributed by atoms with Crippen molar-refractivity contribution < 1.29 is 19.5 Å². The number of piperidine rings is 1. The van der Waals surface area contributed by atoms with Crippen molar-refractivity contribution in [1.82, 2.24) is 10.2 Å². The summed E-state index contributed by atoms with van der Waals surface area (Å²) in [6.45, 7) is 6.13. The van der Waals surface area contributed by atoms with E-state index >= 15 is 0 Å². The van der Waals surface area contributed by atoms with Gasteiger partial charge in [0.2, 0.25) is 5.91 Å². The van der Waals surface area contributed by atoms with Crippen LogP contribution in [0.4, 0.5) is 4.79 Å². The number of carboxylic acid groups (broad SMARTS) is 1. The third kappa shape index (κ3) is 4.91. The number of nitrogens with one attached hydrogen (secondary N) is 1. The first-order valence-corrected chi connectivity index (χ1v) is 7.22. The number of nitrogens with zero attached hydrogens (tertiary/aromatic N) is 1. The van der Waals surface area contributed by atoms with E-state index in [1.54, 1.807) is 18.7 Å². The van der Waals surface area contributed by atoms with E-state index in [0.29, 0.717) is 13.1 Å². The number of hydrogen-bond donors (Lipinski definition) is 3. The zero-order valence-corrected chi connectivity index (χ0v) is 12.9. The number of hydrogen-bond acceptors (Lipinski definition) is 3. The number of amides is 3. The molecule has 1 heterocycles. The Kier molecular flexibility index (Phi) is 5.57. The summed E-state index contributed by atoms with van der Waals surface area (Å²) in [6, 6.07) is -0.328. The molecule has 0 aromatic rings. The predicted octanol–water partition coefficient (Wildman–Crippen LogP) is 0.783. The van der Waals surface area contributed by atoms with Gasteiger partial charge in [0, 0.05) is 19.5 Å². The van der Waals surface area contributed by atoms with Crippen molar-refractivity contribution in [3.63, 3.8) is 0 Å². The summed E-state index contributed by atoms with van der Waals surface area (Å²) in [4.78, 5) is 35.9. The minimum atomic E-state index is -1.10. The van der Waals surface area contributed by atoms with Crippen molar-refractivity contribution in [2.75, 3.05) is 13.1 Å². The smallest absolute Gasteiger partial charge is 0.318 e. The fourth-order valence-corrected chi connectivity index (χ4v) is 2.51. The van der Waals surface area contributed by atoms with Crippen LogP contribution in [0.5, 0.6) is 0 Å². The minimum absolute atomic E-state index is 0.0160. The van der Waals surface area contributed by atoms with Crippen molar-refractivity contribution in [2.24, 2.45) is 17.6 Å². The van der Waals surface area contributed by atoms with Crippen molar-refractivity contribution in [3.8, 4) is 0 Å². The van der Waals surface area contributed by atoms with Crippen LogP contribution in [-0.2, 0) is 9.59 Å². The quantitative estimate of drug-likeness (QED) is 0.696. The Labute approximate surface area is 124 Å². The van der Waals surface area contributed by atoms with Gasteiger partial charge in [-0.05, 0) is 38.5 Å². The lowest BCUT2D eigenvalue weighted by Gasteiger charge is -2.37. The summed E-state index contributed by atoms with van der Waals surface area (Å²) in [7, 11) is 0. The first-order valence-electron chi connectivity index (χ1n) is 7.22. The molecule has 1 fully saturated rings. The minimum Gasteiger partial charge on any atom is -0.481 e. The summed E-state index contributed by atoms with van der Waals surface area (Å²) in [6.07, 6.45) is 1.85. The van der Waals surface area contributed by atoms with Crippen molar-refractivity contribution >= 4 is 17.9 Å². The van der Waals surface area contributed by atoms with Crippen molar-refractivity contribution in [1.29, 1.82) is 0 Å². The molecule has 7 nitrogen and oxygen atoms in total. The normalized spacial score (nSPS) is 20.7. The average Bonchev–Trinajstić information content (AvgIpc) is 2.37. The van der Waals surface area contributed by atoms with Crippen LogP contribution in [0.15, 0.2) is 0 Å². The Morgan fingerprint density at radius 1 is 1.43 bits per heavy atom. The van der Waals surface area contributed by atoms with Crippen molar-refractivity contribution in [2.45, 2.75) is 45.6 Å². The highest BCUT2D eigenvalue weighted by Crippen LogP contribution is 2.26. The molecule has 0 bridgehead atoms. The molecule has 1 aliphatic rings. The van der Waals surface area contributed by atoms with E-state index < -0.39 is 17.4 Å². The molecule has 4 N–H and O–H groups in total. The lowest BCUT2D eigenvalue weighted by molar-refractivity contribution is -0.138. The Bertz CT molecular complexity index is 422. The van der Waals surface area contributed by atoms with E-state index in [0.717, 1.165) is 12.8 Å². The second-order valence-corrected chi connectivity index (χ2v) is 6.34. The zero-order chi connectivity index (χ0) is 16.2. The molecule has 0 saturated carbocycles. The number of rotatable bonds is 5. The number of carboxylic acids is 1. The number of primary amides is 1. The molecule has 2 unspecified atom stereocenters. The van der Waals surface area contributed by atoms with Crippen LogP contribution < -0.4 is 11.1 Å². The number of carbonyl (C=O) groups is 3. The summed E-state index contributed by atoms with van der Waals surface area (Å²) >= 11 is 0. The van der Waals surface area contributed by atoms with Crippen LogP contribution in [0.25, 0.3) is 0 Å². The maximum Gasteiger partial charge on any atom is 0.318 e. The van der Waals surface area contributed by atoms with Gasteiger partial charge in [-0.15, -0.1) is 0 Å². The molecule has 120 valence electrons. The molecule has 7 heteroatoms. The van der Waals surface area contributed by atoms with Gasteiger partial charge < -0.3 is 21.1 Å². The third-order valence-corrected chi connectivity index (χ3v) is 4.08. The van der Waals surface area contributed by atoms with Gasteiger partial charge in [-0.3, -0.25) is 9.59 Å². The monoisotopic (exact) mass is 299 g/mol. The topological polar surface area (TPSA) is 113 Å². The van der Waals surface area contributed by atoms with Gasteiger partial charge in [0.05, 0.1) is 0 Å². The highest BCUT2D eigenvalue weighted by Gasteiger charge is 2.32. The van der Waals surface area contributed by atoms with Crippen LogP contribution >= 0.6 is 0 Å². The summed E-state index contributed by atoms with van der Waals surface area (Å²) in [5, 5.41) is 11.5. The van der Waals surface area contributed by atoms with Crippen LogP contribution in [-0.4, -0.2) is 46.5 Å². The first kappa shape index (κ1) is 17.3. The first-order chi connectivity index (χ1) is 9.63. The molecule has 21 heavy (non-hydrogen) atoms. The molecule has 0 aromatic carbocycles. The molecule has 3 amide bonds. The molecule has 1 rings (SSSR count). The molecular weight excluding hydrogens is 274 g/mol. The van der Waals surface area contributed by atoms with Gasteiger partial charge in [0.15, 0.2) is 0 Å². The Morgan fingerprint density at radius 2 is 2.05 bits per heavy atom. The summed E-state index contributed by atoms with van der Waals surface area (Å²) in [5.41, 5.74) is 4.14. The molecule has 0 spiro atoms. The summed E-state index contributed by atoms with van der Waals surface area (Å²) in [5.74, 6) is -1.23. The van der Waals surface area contributed by atoms with E-state index in [2.05, 4.69) is 5.32 Å². The number of urea groups is 1. The highest BCUT2D eigenvalue weighted by molar-refractivity contribution is 5.89.